The molecule has 0 aliphatic carbocycles. The molecule has 0 saturated carbocycles. The zero-order valence-electron chi connectivity index (χ0n) is 9.88. The number of nitrogens with zero attached hydrogens (tertiary/aromatic N) is 2. The standard InChI is InChI=1S/C14H10FN3O/c15-11-6-4-10(5-7-11)14-12(9-17-18-14)19-13-3-1-2-8-16-13/h1-9H,(H,17,18). The number of benzene rings is 1. The third kappa shape index (κ3) is 2.44. The highest BCUT2D eigenvalue weighted by Crippen LogP contribution is 2.30. The average Bonchev–Trinajstić information content (AvgIpc) is 2.89. The van der Waals surface area contributed by atoms with Gasteiger partial charge in [-0.05, 0) is 30.3 Å². The van der Waals surface area contributed by atoms with Crippen LogP contribution in [0.25, 0.3) is 11.3 Å². The molecular formula is C14H10FN3O. The Morgan fingerprint density at radius 1 is 1.05 bits per heavy atom. The summed E-state index contributed by atoms with van der Waals surface area (Å²) in [6.07, 6.45) is 3.21. The number of H-pyrrole nitrogens is 1. The molecular weight excluding hydrogens is 245 g/mol. The molecule has 1 aromatic carbocycles. The monoisotopic (exact) mass is 255 g/mol. The van der Waals surface area contributed by atoms with Crippen molar-refractivity contribution in [2.24, 2.45) is 0 Å². The van der Waals surface area contributed by atoms with Crippen LogP contribution in [0.2, 0.25) is 0 Å². The van der Waals surface area contributed by atoms with Gasteiger partial charge in [-0.3, -0.25) is 5.10 Å². The smallest absolute Gasteiger partial charge is 0.219 e. The van der Waals surface area contributed by atoms with Gasteiger partial charge in [0.25, 0.3) is 0 Å². The molecule has 5 heteroatoms. The minimum atomic E-state index is -0.282. The fraction of sp³-hybridized carbons (Fsp3) is 0. The minimum Gasteiger partial charge on any atom is -0.435 e. The molecule has 4 nitrogen and oxygen atoms in total. The second kappa shape index (κ2) is 4.89. The Morgan fingerprint density at radius 3 is 2.63 bits per heavy atom. The molecule has 2 heterocycles. The van der Waals surface area contributed by atoms with E-state index in [-0.39, 0.29) is 5.82 Å². The van der Waals surface area contributed by atoms with Crippen LogP contribution in [0.3, 0.4) is 0 Å². The molecule has 0 unspecified atom stereocenters. The highest BCUT2D eigenvalue weighted by molar-refractivity contribution is 5.65. The van der Waals surface area contributed by atoms with E-state index < -0.39 is 0 Å². The predicted molar refractivity (Wildman–Crippen MR) is 68.3 cm³/mol. The van der Waals surface area contributed by atoms with E-state index in [9.17, 15) is 4.39 Å². The van der Waals surface area contributed by atoms with Gasteiger partial charge in [-0.2, -0.15) is 5.10 Å². The maximum absolute atomic E-state index is 12.9. The van der Waals surface area contributed by atoms with Gasteiger partial charge >= 0.3 is 0 Å². The highest BCUT2D eigenvalue weighted by Gasteiger charge is 2.10. The molecule has 0 aliphatic heterocycles. The van der Waals surface area contributed by atoms with Gasteiger partial charge in [0, 0.05) is 17.8 Å². The third-order valence-electron chi connectivity index (χ3n) is 2.59. The molecule has 0 fully saturated rings. The zero-order valence-corrected chi connectivity index (χ0v) is 9.88. The molecule has 19 heavy (non-hydrogen) atoms. The second-order valence-corrected chi connectivity index (χ2v) is 3.89. The van der Waals surface area contributed by atoms with E-state index in [0.717, 1.165) is 5.56 Å². The Morgan fingerprint density at radius 2 is 1.89 bits per heavy atom. The Bertz CT molecular complexity index is 665. The number of aromatic nitrogens is 3. The van der Waals surface area contributed by atoms with Crippen molar-refractivity contribution in [3.63, 3.8) is 0 Å². The van der Waals surface area contributed by atoms with Crippen LogP contribution in [0, 0.1) is 5.82 Å². The lowest BCUT2D eigenvalue weighted by atomic mass is 10.1. The van der Waals surface area contributed by atoms with Crippen molar-refractivity contribution < 1.29 is 9.13 Å². The van der Waals surface area contributed by atoms with Gasteiger partial charge in [0.2, 0.25) is 5.88 Å². The number of hydrogen-bond donors (Lipinski definition) is 1. The number of halogens is 1. The first kappa shape index (κ1) is 11.4. The van der Waals surface area contributed by atoms with Gasteiger partial charge in [-0.15, -0.1) is 0 Å². The lowest BCUT2D eigenvalue weighted by Gasteiger charge is -2.04. The SMILES string of the molecule is Fc1ccc(-c2[nH]ncc2Oc2ccccn2)cc1. The maximum atomic E-state index is 12.9. The zero-order chi connectivity index (χ0) is 13.1. The molecule has 1 N–H and O–H groups in total. The van der Waals surface area contributed by atoms with Crippen LogP contribution in [0.15, 0.2) is 54.9 Å². The van der Waals surface area contributed by atoms with E-state index >= 15 is 0 Å². The van der Waals surface area contributed by atoms with Gasteiger partial charge in [0.05, 0.1) is 6.20 Å². The topological polar surface area (TPSA) is 50.8 Å². The normalized spacial score (nSPS) is 10.4. The number of hydrogen-bond acceptors (Lipinski definition) is 3. The van der Waals surface area contributed by atoms with Crippen LogP contribution >= 0.6 is 0 Å². The van der Waals surface area contributed by atoms with E-state index in [2.05, 4.69) is 15.2 Å². The molecule has 94 valence electrons. The number of rotatable bonds is 3. The molecule has 0 saturated heterocycles. The Hall–Kier alpha value is -2.69. The van der Waals surface area contributed by atoms with Crippen molar-refractivity contribution in [1.29, 1.82) is 0 Å². The van der Waals surface area contributed by atoms with Gasteiger partial charge in [0.1, 0.15) is 11.5 Å². The number of ether oxygens (including phenoxy) is 1. The number of nitrogens with one attached hydrogen (secondary N) is 1. The number of pyridine rings is 1. The molecule has 0 amide bonds. The Balaban J connectivity index is 1.92. The van der Waals surface area contributed by atoms with Crippen molar-refractivity contribution in [3.05, 3.63) is 60.7 Å². The van der Waals surface area contributed by atoms with Gasteiger partial charge in [0.15, 0.2) is 5.75 Å². The van der Waals surface area contributed by atoms with Crippen LogP contribution in [0.1, 0.15) is 0 Å². The van der Waals surface area contributed by atoms with Crippen LogP contribution in [-0.4, -0.2) is 15.2 Å². The van der Waals surface area contributed by atoms with Crippen molar-refractivity contribution in [3.8, 4) is 22.9 Å². The fourth-order valence-electron chi connectivity index (χ4n) is 1.70. The van der Waals surface area contributed by atoms with Crippen molar-refractivity contribution >= 4 is 0 Å². The second-order valence-electron chi connectivity index (χ2n) is 3.89. The lowest BCUT2D eigenvalue weighted by Crippen LogP contribution is -1.88. The summed E-state index contributed by atoms with van der Waals surface area (Å²) in [4.78, 5) is 4.08. The van der Waals surface area contributed by atoms with Gasteiger partial charge in [-0.25, -0.2) is 9.37 Å². The lowest BCUT2D eigenvalue weighted by molar-refractivity contribution is 0.465. The molecule has 0 radical (unpaired) electrons. The van der Waals surface area contributed by atoms with Gasteiger partial charge in [-0.1, -0.05) is 6.07 Å². The summed E-state index contributed by atoms with van der Waals surface area (Å²) in [5, 5.41) is 6.78. The molecule has 0 bridgehead atoms. The molecule has 0 aliphatic rings. The quantitative estimate of drug-likeness (QED) is 0.780. The molecule has 0 atom stereocenters. The summed E-state index contributed by atoms with van der Waals surface area (Å²) < 4.78 is 18.5. The summed E-state index contributed by atoms with van der Waals surface area (Å²) >= 11 is 0. The van der Waals surface area contributed by atoms with Crippen molar-refractivity contribution in [2.45, 2.75) is 0 Å². The van der Waals surface area contributed by atoms with Crippen LogP contribution in [0.4, 0.5) is 4.39 Å². The predicted octanol–water partition coefficient (Wildman–Crippen LogP) is 3.40. The van der Waals surface area contributed by atoms with E-state index in [4.69, 9.17) is 4.74 Å². The van der Waals surface area contributed by atoms with Gasteiger partial charge < -0.3 is 4.74 Å². The highest BCUT2D eigenvalue weighted by atomic mass is 19.1. The minimum absolute atomic E-state index is 0.282. The van der Waals surface area contributed by atoms with E-state index in [0.29, 0.717) is 17.3 Å². The number of aromatic amines is 1. The summed E-state index contributed by atoms with van der Waals surface area (Å²) in [5.41, 5.74) is 1.48. The molecule has 2 aromatic heterocycles. The Kier molecular flexibility index (Phi) is 2.94. The first-order chi connectivity index (χ1) is 9.33. The van der Waals surface area contributed by atoms with E-state index in [1.54, 1.807) is 30.6 Å². The Labute approximate surface area is 108 Å². The summed E-state index contributed by atoms with van der Waals surface area (Å²) in [7, 11) is 0. The first-order valence-electron chi connectivity index (χ1n) is 5.71. The molecule has 0 spiro atoms. The van der Waals surface area contributed by atoms with Crippen LogP contribution in [0.5, 0.6) is 11.6 Å². The summed E-state index contributed by atoms with van der Waals surface area (Å²) in [5.74, 6) is 0.744. The first-order valence-corrected chi connectivity index (χ1v) is 5.71. The molecule has 3 aromatic rings. The van der Waals surface area contributed by atoms with E-state index in [1.165, 1.54) is 12.1 Å². The van der Waals surface area contributed by atoms with Crippen LogP contribution in [-0.2, 0) is 0 Å². The maximum Gasteiger partial charge on any atom is 0.219 e. The third-order valence-corrected chi connectivity index (χ3v) is 2.59. The summed E-state index contributed by atoms with van der Waals surface area (Å²) in [6.45, 7) is 0. The molecule has 3 rings (SSSR count). The van der Waals surface area contributed by atoms with E-state index in [1.807, 2.05) is 12.1 Å². The summed E-state index contributed by atoms with van der Waals surface area (Å²) in [6, 6.07) is 11.5. The van der Waals surface area contributed by atoms with Crippen molar-refractivity contribution in [2.75, 3.05) is 0 Å². The van der Waals surface area contributed by atoms with Crippen molar-refractivity contribution in [1.82, 2.24) is 15.2 Å². The largest absolute Gasteiger partial charge is 0.435 e. The van der Waals surface area contributed by atoms with Crippen LogP contribution < -0.4 is 4.74 Å². The average molecular weight is 255 g/mol. The fourth-order valence-corrected chi connectivity index (χ4v) is 1.70.